The molecule has 0 bridgehead atoms. The Morgan fingerprint density at radius 2 is 1.73 bits per heavy atom. The summed E-state index contributed by atoms with van der Waals surface area (Å²) in [6, 6.07) is 17.4. The summed E-state index contributed by atoms with van der Waals surface area (Å²) in [5.41, 5.74) is 1.31. The minimum Gasteiger partial charge on any atom is -0.497 e. The number of rotatable bonds is 4. The molecule has 1 aliphatic heterocycles. The van der Waals surface area contributed by atoms with E-state index < -0.39 is 5.60 Å². The number of carbonyl (C=O) groups is 1. The number of hydrogen-bond donors (Lipinski definition) is 1. The van der Waals surface area contributed by atoms with Crippen molar-refractivity contribution in [3.05, 3.63) is 65.7 Å². The first-order chi connectivity index (χ1) is 10.7. The Morgan fingerprint density at radius 1 is 1.05 bits per heavy atom. The van der Waals surface area contributed by atoms with Crippen molar-refractivity contribution in [2.75, 3.05) is 14.2 Å². The van der Waals surface area contributed by atoms with E-state index in [1.54, 1.807) is 14.2 Å². The summed E-state index contributed by atoms with van der Waals surface area (Å²) in [4.78, 5) is 12.1. The molecule has 0 saturated carbocycles. The average molecular weight is 297 g/mol. The molecule has 2 aromatic carbocycles. The Morgan fingerprint density at radius 3 is 2.32 bits per heavy atom. The minimum atomic E-state index is -0.688. The van der Waals surface area contributed by atoms with Gasteiger partial charge in [-0.1, -0.05) is 42.5 Å². The van der Waals surface area contributed by atoms with E-state index in [0.717, 1.165) is 16.9 Å². The van der Waals surface area contributed by atoms with Crippen LogP contribution in [0.3, 0.4) is 0 Å². The third kappa shape index (κ3) is 2.35. The molecule has 1 amide bonds. The van der Waals surface area contributed by atoms with Gasteiger partial charge < -0.3 is 14.8 Å². The van der Waals surface area contributed by atoms with E-state index in [9.17, 15) is 4.79 Å². The molecule has 2 atom stereocenters. The Labute approximate surface area is 130 Å². The van der Waals surface area contributed by atoms with Gasteiger partial charge in [0.15, 0.2) is 0 Å². The number of hydrogen-bond acceptors (Lipinski definition) is 3. The molecule has 0 aliphatic carbocycles. The zero-order valence-electron chi connectivity index (χ0n) is 12.7. The van der Waals surface area contributed by atoms with Crippen molar-refractivity contribution in [1.82, 2.24) is 5.32 Å². The van der Waals surface area contributed by atoms with Gasteiger partial charge in [-0.2, -0.15) is 0 Å². The summed E-state index contributed by atoms with van der Waals surface area (Å²) >= 11 is 0. The number of amides is 1. The summed E-state index contributed by atoms with van der Waals surface area (Å²) < 4.78 is 11.1. The van der Waals surface area contributed by atoms with Crippen molar-refractivity contribution < 1.29 is 14.3 Å². The maximum Gasteiger partial charge on any atom is 0.223 e. The molecule has 0 spiro atoms. The molecule has 1 fully saturated rings. The molecule has 114 valence electrons. The van der Waals surface area contributed by atoms with Crippen LogP contribution >= 0.6 is 0 Å². The van der Waals surface area contributed by atoms with Crippen molar-refractivity contribution in [2.24, 2.45) is 0 Å². The monoisotopic (exact) mass is 297 g/mol. The Balaban J connectivity index is 2.05. The Hall–Kier alpha value is -2.33. The number of carbonyl (C=O) groups excluding carboxylic acids is 1. The summed E-state index contributed by atoms with van der Waals surface area (Å²) in [5, 5.41) is 3.04. The summed E-state index contributed by atoms with van der Waals surface area (Å²) in [7, 11) is 3.29. The SMILES string of the molecule is COc1ccc([C@@H]2NC(=O)C[C@@]2(OC)c2ccccc2)cc1. The predicted molar refractivity (Wildman–Crippen MR) is 83.6 cm³/mol. The summed E-state index contributed by atoms with van der Waals surface area (Å²) in [5.74, 6) is 0.780. The molecule has 0 radical (unpaired) electrons. The van der Waals surface area contributed by atoms with Gasteiger partial charge in [0.25, 0.3) is 0 Å². The van der Waals surface area contributed by atoms with E-state index in [1.165, 1.54) is 0 Å². The maximum atomic E-state index is 12.1. The highest BCUT2D eigenvalue weighted by atomic mass is 16.5. The topological polar surface area (TPSA) is 47.6 Å². The Bertz CT molecular complexity index is 654. The lowest BCUT2D eigenvalue weighted by Crippen LogP contribution is -2.35. The summed E-state index contributed by atoms with van der Waals surface area (Å²) in [6.45, 7) is 0. The molecule has 22 heavy (non-hydrogen) atoms. The van der Waals surface area contributed by atoms with Crippen molar-refractivity contribution in [1.29, 1.82) is 0 Å². The number of methoxy groups -OCH3 is 2. The molecule has 3 rings (SSSR count). The predicted octanol–water partition coefficient (Wildman–Crippen LogP) is 2.80. The third-order valence-corrected chi connectivity index (χ3v) is 4.27. The van der Waals surface area contributed by atoms with E-state index in [-0.39, 0.29) is 11.9 Å². The van der Waals surface area contributed by atoms with Gasteiger partial charge in [-0.15, -0.1) is 0 Å². The first-order valence-electron chi connectivity index (χ1n) is 7.23. The molecule has 0 unspecified atom stereocenters. The van der Waals surface area contributed by atoms with Gasteiger partial charge in [0.2, 0.25) is 5.91 Å². The van der Waals surface area contributed by atoms with Crippen LogP contribution in [-0.2, 0) is 15.1 Å². The van der Waals surface area contributed by atoms with E-state index >= 15 is 0 Å². The van der Waals surface area contributed by atoms with Gasteiger partial charge in [0.05, 0.1) is 19.6 Å². The van der Waals surface area contributed by atoms with E-state index in [4.69, 9.17) is 9.47 Å². The van der Waals surface area contributed by atoms with Gasteiger partial charge in [0.1, 0.15) is 11.4 Å². The van der Waals surface area contributed by atoms with Gasteiger partial charge in [-0.05, 0) is 23.3 Å². The molecule has 1 aliphatic rings. The van der Waals surface area contributed by atoms with Crippen LogP contribution in [0.5, 0.6) is 5.75 Å². The second-order valence-electron chi connectivity index (χ2n) is 5.41. The van der Waals surface area contributed by atoms with Crippen LogP contribution in [0.2, 0.25) is 0 Å². The van der Waals surface area contributed by atoms with Crippen molar-refractivity contribution in [2.45, 2.75) is 18.1 Å². The Kier molecular flexibility index (Phi) is 3.86. The van der Waals surface area contributed by atoms with E-state index in [2.05, 4.69) is 5.32 Å². The second kappa shape index (κ2) is 5.81. The molecule has 1 N–H and O–H groups in total. The maximum absolute atomic E-state index is 12.1. The van der Waals surface area contributed by atoms with Crippen molar-refractivity contribution >= 4 is 5.91 Å². The van der Waals surface area contributed by atoms with Gasteiger partial charge >= 0.3 is 0 Å². The molecule has 2 aromatic rings. The molecule has 4 heteroatoms. The lowest BCUT2D eigenvalue weighted by Gasteiger charge is -2.33. The zero-order chi connectivity index (χ0) is 15.6. The fraction of sp³-hybridized carbons (Fsp3) is 0.278. The number of nitrogens with one attached hydrogen (secondary N) is 1. The zero-order valence-corrected chi connectivity index (χ0v) is 12.7. The lowest BCUT2D eigenvalue weighted by molar-refractivity contribution is -0.121. The smallest absolute Gasteiger partial charge is 0.223 e. The first kappa shape index (κ1) is 14.6. The summed E-state index contributed by atoms with van der Waals surface area (Å²) in [6.07, 6.45) is 0.310. The molecule has 1 saturated heterocycles. The highest BCUT2D eigenvalue weighted by molar-refractivity contribution is 5.81. The largest absolute Gasteiger partial charge is 0.497 e. The quantitative estimate of drug-likeness (QED) is 0.944. The standard InChI is InChI=1S/C18H19NO3/c1-21-15-10-8-13(9-11-15)17-18(22-2,12-16(20)19-17)14-6-4-3-5-7-14/h3-11,17H,12H2,1-2H3,(H,19,20)/t17-,18+/m0/s1. The van der Waals surface area contributed by atoms with Crippen LogP contribution < -0.4 is 10.1 Å². The fourth-order valence-corrected chi connectivity index (χ4v) is 3.11. The van der Waals surface area contributed by atoms with Crippen LogP contribution in [0.25, 0.3) is 0 Å². The van der Waals surface area contributed by atoms with Crippen LogP contribution in [0.15, 0.2) is 54.6 Å². The average Bonchev–Trinajstić information content (AvgIpc) is 2.93. The van der Waals surface area contributed by atoms with Crippen LogP contribution in [0.1, 0.15) is 23.6 Å². The molecule has 1 heterocycles. The van der Waals surface area contributed by atoms with Gasteiger partial charge in [-0.25, -0.2) is 0 Å². The third-order valence-electron chi connectivity index (χ3n) is 4.27. The van der Waals surface area contributed by atoms with Crippen LogP contribution in [-0.4, -0.2) is 20.1 Å². The fourth-order valence-electron chi connectivity index (χ4n) is 3.11. The van der Waals surface area contributed by atoms with Crippen LogP contribution in [0.4, 0.5) is 0 Å². The van der Waals surface area contributed by atoms with E-state index in [1.807, 2.05) is 54.6 Å². The van der Waals surface area contributed by atoms with Crippen molar-refractivity contribution in [3.8, 4) is 5.75 Å². The van der Waals surface area contributed by atoms with E-state index in [0.29, 0.717) is 6.42 Å². The highest BCUT2D eigenvalue weighted by Gasteiger charge is 2.49. The molecular weight excluding hydrogens is 278 g/mol. The van der Waals surface area contributed by atoms with Crippen molar-refractivity contribution in [3.63, 3.8) is 0 Å². The number of benzene rings is 2. The minimum absolute atomic E-state index is 0.00785. The second-order valence-corrected chi connectivity index (χ2v) is 5.41. The molecule has 0 aromatic heterocycles. The lowest BCUT2D eigenvalue weighted by atomic mass is 9.83. The highest BCUT2D eigenvalue weighted by Crippen LogP contribution is 2.45. The normalized spacial score (nSPS) is 24.1. The molecule has 4 nitrogen and oxygen atoms in total. The van der Waals surface area contributed by atoms with Gasteiger partial charge in [-0.3, -0.25) is 4.79 Å². The molecular formula is C18H19NO3. The van der Waals surface area contributed by atoms with Gasteiger partial charge in [0, 0.05) is 7.11 Å². The first-order valence-corrected chi connectivity index (χ1v) is 7.23. The number of ether oxygens (including phenoxy) is 2. The van der Waals surface area contributed by atoms with Crippen LogP contribution in [0, 0.1) is 0 Å².